The third-order valence-electron chi connectivity index (χ3n) is 3.52. The summed E-state index contributed by atoms with van der Waals surface area (Å²) in [6, 6.07) is 6.13. The second kappa shape index (κ2) is 6.81. The predicted octanol–water partition coefficient (Wildman–Crippen LogP) is 1.80. The highest BCUT2D eigenvalue weighted by Crippen LogP contribution is 2.26. The van der Waals surface area contributed by atoms with Crippen molar-refractivity contribution >= 4 is 27.7 Å². The number of primary sulfonamides is 1. The fourth-order valence-corrected chi connectivity index (χ4v) is 4.07. The zero-order valence-corrected chi connectivity index (χ0v) is 13.5. The largest absolute Gasteiger partial charge is 0.349 e. The van der Waals surface area contributed by atoms with Gasteiger partial charge in [-0.3, -0.25) is 4.79 Å². The van der Waals surface area contributed by atoms with E-state index in [2.05, 4.69) is 5.32 Å². The van der Waals surface area contributed by atoms with Crippen LogP contribution in [0.5, 0.6) is 0 Å². The number of hydrogen-bond acceptors (Lipinski definition) is 4. The number of carbonyl (C=O) groups excluding carboxylic acids is 1. The van der Waals surface area contributed by atoms with Crippen LogP contribution in [0.3, 0.4) is 0 Å². The molecule has 0 bridgehead atoms. The van der Waals surface area contributed by atoms with Crippen molar-refractivity contribution in [3.8, 4) is 0 Å². The molecule has 2 rings (SSSR count). The van der Waals surface area contributed by atoms with Crippen LogP contribution in [0.15, 0.2) is 29.2 Å². The van der Waals surface area contributed by atoms with Crippen molar-refractivity contribution in [2.45, 2.75) is 42.4 Å². The molecule has 116 valence electrons. The maximum atomic E-state index is 12.2. The molecule has 0 aromatic heterocycles. The van der Waals surface area contributed by atoms with E-state index in [9.17, 15) is 13.2 Å². The number of amides is 1. The van der Waals surface area contributed by atoms with Crippen molar-refractivity contribution in [3.63, 3.8) is 0 Å². The Kier molecular flexibility index (Phi) is 5.29. The van der Waals surface area contributed by atoms with Crippen molar-refractivity contribution < 1.29 is 13.2 Å². The molecule has 0 aliphatic carbocycles. The lowest BCUT2D eigenvalue weighted by Gasteiger charge is -2.23. The van der Waals surface area contributed by atoms with Gasteiger partial charge in [-0.05, 0) is 43.2 Å². The van der Waals surface area contributed by atoms with E-state index in [1.807, 2.05) is 6.92 Å². The number of hydrogen-bond donors (Lipinski definition) is 2. The molecular weight excluding hydrogens is 308 g/mol. The lowest BCUT2D eigenvalue weighted by Crippen LogP contribution is -2.35. The fourth-order valence-electron chi connectivity index (χ4n) is 2.30. The van der Waals surface area contributed by atoms with Gasteiger partial charge in [-0.1, -0.05) is 18.6 Å². The molecule has 5 nitrogen and oxygen atoms in total. The average molecular weight is 328 g/mol. The van der Waals surface area contributed by atoms with Crippen LogP contribution in [0.4, 0.5) is 0 Å². The summed E-state index contributed by atoms with van der Waals surface area (Å²) in [5.41, 5.74) is 0.732. The Balaban J connectivity index is 2.06. The summed E-state index contributed by atoms with van der Waals surface area (Å²) in [4.78, 5) is 12.3. The van der Waals surface area contributed by atoms with Gasteiger partial charge in [0.2, 0.25) is 15.9 Å². The molecule has 21 heavy (non-hydrogen) atoms. The first-order chi connectivity index (χ1) is 9.88. The summed E-state index contributed by atoms with van der Waals surface area (Å²) in [7, 11) is -3.72. The van der Waals surface area contributed by atoms with Gasteiger partial charge in [-0.25, -0.2) is 13.6 Å². The zero-order chi connectivity index (χ0) is 15.5. The molecule has 2 unspecified atom stereocenters. The Morgan fingerprint density at radius 2 is 2.19 bits per heavy atom. The van der Waals surface area contributed by atoms with Gasteiger partial charge in [0.05, 0.1) is 16.2 Å². The maximum Gasteiger partial charge on any atom is 0.238 e. The van der Waals surface area contributed by atoms with Crippen molar-refractivity contribution in [2.24, 2.45) is 5.14 Å². The molecular formula is C14H20N2O3S2. The molecule has 1 heterocycles. The lowest BCUT2D eigenvalue weighted by molar-refractivity contribution is -0.121. The first kappa shape index (κ1) is 16.3. The second-order valence-electron chi connectivity index (χ2n) is 5.20. The molecule has 1 aromatic rings. The number of carbonyl (C=O) groups is 1. The van der Waals surface area contributed by atoms with Crippen LogP contribution in [-0.4, -0.2) is 25.3 Å². The van der Waals surface area contributed by atoms with E-state index in [4.69, 9.17) is 5.14 Å². The van der Waals surface area contributed by atoms with Crippen LogP contribution >= 0.6 is 11.8 Å². The van der Waals surface area contributed by atoms with E-state index >= 15 is 0 Å². The maximum absolute atomic E-state index is 12.2. The minimum Gasteiger partial charge on any atom is -0.349 e. The van der Waals surface area contributed by atoms with E-state index < -0.39 is 10.0 Å². The number of rotatable bonds is 4. The molecule has 1 aliphatic rings. The molecule has 1 aliphatic heterocycles. The van der Waals surface area contributed by atoms with Crippen molar-refractivity contribution in [1.82, 2.24) is 5.32 Å². The quantitative estimate of drug-likeness (QED) is 0.882. The summed E-state index contributed by atoms with van der Waals surface area (Å²) in [5, 5.41) is 8.08. The third kappa shape index (κ3) is 4.46. The van der Waals surface area contributed by atoms with Gasteiger partial charge in [-0.2, -0.15) is 0 Å². The van der Waals surface area contributed by atoms with Crippen LogP contribution in [0, 0.1) is 0 Å². The van der Waals surface area contributed by atoms with E-state index in [-0.39, 0.29) is 22.1 Å². The van der Waals surface area contributed by atoms with Crippen LogP contribution in [-0.2, 0) is 14.8 Å². The van der Waals surface area contributed by atoms with Gasteiger partial charge < -0.3 is 5.32 Å². The number of sulfonamides is 1. The zero-order valence-electron chi connectivity index (χ0n) is 11.9. The molecule has 3 N–H and O–H groups in total. The van der Waals surface area contributed by atoms with Gasteiger partial charge >= 0.3 is 0 Å². The minimum absolute atomic E-state index is 0.00243. The Labute approximate surface area is 129 Å². The van der Waals surface area contributed by atoms with E-state index in [1.54, 1.807) is 23.9 Å². The summed E-state index contributed by atoms with van der Waals surface area (Å²) >= 11 is 1.69. The highest BCUT2D eigenvalue weighted by atomic mass is 32.2. The summed E-state index contributed by atoms with van der Waals surface area (Å²) in [6.45, 7) is 1.84. The Morgan fingerprint density at radius 3 is 2.81 bits per heavy atom. The van der Waals surface area contributed by atoms with E-state index in [0.717, 1.165) is 24.2 Å². The molecule has 1 amide bonds. The van der Waals surface area contributed by atoms with Crippen LogP contribution in [0.2, 0.25) is 0 Å². The highest BCUT2D eigenvalue weighted by molar-refractivity contribution is 8.00. The van der Waals surface area contributed by atoms with Gasteiger partial charge in [0, 0.05) is 0 Å². The van der Waals surface area contributed by atoms with Crippen LogP contribution in [0.25, 0.3) is 0 Å². The van der Waals surface area contributed by atoms with Crippen molar-refractivity contribution in [3.05, 3.63) is 29.8 Å². The molecule has 7 heteroatoms. The molecule has 2 atom stereocenters. The number of nitrogens with one attached hydrogen (secondary N) is 1. The van der Waals surface area contributed by atoms with Crippen LogP contribution in [0.1, 0.15) is 37.8 Å². The Morgan fingerprint density at radius 1 is 1.43 bits per heavy atom. The van der Waals surface area contributed by atoms with Crippen molar-refractivity contribution in [2.75, 3.05) is 5.75 Å². The first-order valence-corrected chi connectivity index (χ1v) is 9.52. The number of thioether (sulfide) groups is 1. The van der Waals surface area contributed by atoms with Gasteiger partial charge in [-0.15, -0.1) is 11.8 Å². The normalized spacial score (nSPS) is 20.8. The first-order valence-electron chi connectivity index (χ1n) is 6.92. The van der Waals surface area contributed by atoms with Crippen LogP contribution < -0.4 is 10.5 Å². The van der Waals surface area contributed by atoms with Gasteiger partial charge in [0.25, 0.3) is 0 Å². The molecule has 0 radical (unpaired) electrons. The lowest BCUT2D eigenvalue weighted by atomic mass is 10.1. The number of benzene rings is 1. The SMILES string of the molecule is CC(NC(=O)C1CCCCS1)c1cccc(S(N)(=O)=O)c1. The van der Waals surface area contributed by atoms with Crippen molar-refractivity contribution in [1.29, 1.82) is 0 Å². The smallest absolute Gasteiger partial charge is 0.238 e. The number of nitrogens with two attached hydrogens (primary N) is 1. The molecule has 1 aromatic carbocycles. The Hall–Kier alpha value is -1.05. The topological polar surface area (TPSA) is 89.3 Å². The van der Waals surface area contributed by atoms with Gasteiger partial charge in [0.15, 0.2) is 0 Å². The summed E-state index contributed by atoms with van der Waals surface area (Å²) in [5.74, 6) is 1.04. The van der Waals surface area contributed by atoms with E-state index in [1.165, 1.54) is 18.6 Å². The van der Waals surface area contributed by atoms with E-state index in [0.29, 0.717) is 0 Å². The highest BCUT2D eigenvalue weighted by Gasteiger charge is 2.23. The monoisotopic (exact) mass is 328 g/mol. The Bertz CT molecular complexity index is 610. The molecule has 0 spiro atoms. The summed E-state index contributed by atoms with van der Waals surface area (Å²) < 4.78 is 22.7. The predicted molar refractivity (Wildman–Crippen MR) is 84.5 cm³/mol. The minimum atomic E-state index is -3.72. The molecule has 1 fully saturated rings. The third-order valence-corrected chi connectivity index (χ3v) is 5.81. The second-order valence-corrected chi connectivity index (χ2v) is 8.08. The molecule has 1 saturated heterocycles. The fraction of sp³-hybridized carbons (Fsp3) is 0.500. The van der Waals surface area contributed by atoms with Gasteiger partial charge in [0.1, 0.15) is 0 Å². The standard InChI is InChI=1S/C14H20N2O3S2/c1-10(16-14(17)13-7-2-3-8-20-13)11-5-4-6-12(9-11)21(15,18)19/h4-6,9-10,13H,2-3,7-8H2,1H3,(H,16,17)(H2,15,18,19). The molecule has 0 saturated carbocycles. The average Bonchev–Trinajstić information content (AvgIpc) is 2.47. The summed E-state index contributed by atoms with van der Waals surface area (Å²) in [6.07, 6.45) is 3.15.